The van der Waals surface area contributed by atoms with E-state index in [1.165, 1.54) is 5.56 Å². The normalized spacial score (nSPS) is 16.0. The fourth-order valence-corrected chi connectivity index (χ4v) is 3.69. The minimum Gasteiger partial charge on any atom is -0.379 e. The number of aromatic amines is 1. The summed E-state index contributed by atoms with van der Waals surface area (Å²) in [4.78, 5) is 9.89. The Morgan fingerprint density at radius 3 is 2.79 bits per heavy atom. The van der Waals surface area contributed by atoms with Crippen LogP contribution in [0.1, 0.15) is 17.2 Å². The van der Waals surface area contributed by atoms with E-state index in [1.807, 2.05) is 24.3 Å². The second-order valence-electron chi connectivity index (χ2n) is 6.88. The monoisotopic (exact) mass is 395 g/mol. The van der Waals surface area contributed by atoms with E-state index in [2.05, 4.69) is 49.8 Å². The molecule has 146 valence electrons. The summed E-state index contributed by atoms with van der Waals surface area (Å²) in [6, 6.07) is 16.6. The van der Waals surface area contributed by atoms with Crippen molar-refractivity contribution < 1.29 is 4.74 Å². The molecule has 4 rings (SSSR count). The molecule has 7 heteroatoms. The van der Waals surface area contributed by atoms with E-state index < -0.39 is 0 Å². The van der Waals surface area contributed by atoms with Crippen molar-refractivity contribution in [2.75, 3.05) is 39.4 Å². The largest absolute Gasteiger partial charge is 0.379 e. The van der Waals surface area contributed by atoms with Gasteiger partial charge in [-0.05, 0) is 35.5 Å². The molecule has 0 amide bonds. The molecule has 1 aliphatic heterocycles. The molecule has 1 fully saturated rings. The van der Waals surface area contributed by atoms with Crippen molar-refractivity contribution in [3.05, 3.63) is 66.0 Å². The van der Waals surface area contributed by atoms with Crippen LogP contribution in [0.5, 0.6) is 0 Å². The fraction of sp³-hybridized carbons (Fsp3) is 0.333. The highest BCUT2D eigenvalue weighted by Crippen LogP contribution is 2.24. The standard InChI is InChI=1S/C21H25N5OS/c28-21(22-8-9-26-10-12-27-13-11-26)25-20(16-4-2-1-3-5-16)17-6-7-18-19(14-17)24-15-23-18/h1-7,14-15,20H,8-13H2,(H,23,24)(H2,22,25,28)/t20-/m0/s1. The van der Waals surface area contributed by atoms with Gasteiger partial charge in [0.2, 0.25) is 0 Å². The third-order valence-electron chi connectivity index (χ3n) is 5.00. The van der Waals surface area contributed by atoms with Crippen LogP contribution >= 0.6 is 12.2 Å². The van der Waals surface area contributed by atoms with Crippen LogP contribution in [0.15, 0.2) is 54.9 Å². The van der Waals surface area contributed by atoms with Gasteiger partial charge in [-0.15, -0.1) is 0 Å². The molecule has 0 unspecified atom stereocenters. The molecule has 6 nitrogen and oxygen atoms in total. The highest BCUT2D eigenvalue weighted by Gasteiger charge is 2.16. The Balaban J connectivity index is 1.44. The number of rotatable bonds is 6. The molecule has 3 N–H and O–H groups in total. The van der Waals surface area contributed by atoms with Crippen molar-refractivity contribution in [3.63, 3.8) is 0 Å². The molecule has 2 heterocycles. The van der Waals surface area contributed by atoms with Gasteiger partial charge in [-0.3, -0.25) is 4.90 Å². The number of nitrogens with zero attached hydrogens (tertiary/aromatic N) is 2. The molecule has 3 aromatic rings. The fourth-order valence-electron chi connectivity index (χ4n) is 3.47. The lowest BCUT2D eigenvalue weighted by atomic mass is 9.98. The molecule has 1 aromatic heterocycles. The predicted octanol–water partition coefficient (Wildman–Crippen LogP) is 2.45. The molecule has 0 spiro atoms. The number of morpholine rings is 1. The quantitative estimate of drug-likeness (QED) is 0.557. The first-order valence-electron chi connectivity index (χ1n) is 9.62. The van der Waals surface area contributed by atoms with Crippen molar-refractivity contribution in [3.8, 4) is 0 Å². The van der Waals surface area contributed by atoms with Crippen molar-refractivity contribution in [2.45, 2.75) is 6.04 Å². The van der Waals surface area contributed by atoms with Gasteiger partial charge in [-0.1, -0.05) is 36.4 Å². The Hall–Kier alpha value is -2.48. The highest BCUT2D eigenvalue weighted by molar-refractivity contribution is 7.80. The summed E-state index contributed by atoms with van der Waals surface area (Å²) in [6.07, 6.45) is 1.72. The topological polar surface area (TPSA) is 65.2 Å². The molecule has 0 bridgehead atoms. The SMILES string of the molecule is S=C(NCCN1CCOCC1)N[C@@H](c1ccccc1)c1ccc2nc[nH]c2c1. The smallest absolute Gasteiger partial charge is 0.167 e. The lowest BCUT2D eigenvalue weighted by Crippen LogP contribution is -2.44. The summed E-state index contributed by atoms with van der Waals surface area (Å²) >= 11 is 5.59. The number of ether oxygens (including phenoxy) is 1. The summed E-state index contributed by atoms with van der Waals surface area (Å²) in [6.45, 7) is 5.37. The highest BCUT2D eigenvalue weighted by atomic mass is 32.1. The van der Waals surface area contributed by atoms with Gasteiger partial charge in [-0.2, -0.15) is 0 Å². The molecule has 1 atom stereocenters. The van der Waals surface area contributed by atoms with Gasteiger partial charge in [0.05, 0.1) is 36.6 Å². The zero-order valence-corrected chi connectivity index (χ0v) is 16.5. The Bertz CT molecular complexity index is 907. The minimum atomic E-state index is -0.0303. The zero-order valence-electron chi connectivity index (χ0n) is 15.7. The van der Waals surface area contributed by atoms with Crippen LogP contribution in [0, 0.1) is 0 Å². The molecular weight excluding hydrogens is 370 g/mol. The molecule has 0 aliphatic carbocycles. The van der Waals surface area contributed by atoms with Crippen LogP contribution in [0.25, 0.3) is 11.0 Å². The zero-order chi connectivity index (χ0) is 19.2. The maximum absolute atomic E-state index is 5.59. The average molecular weight is 396 g/mol. The van der Waals surface area contributed by atoms with Crippen LogP contribution in [0.3, 0.4) is 0 Å². The van der Waals surface area contributed by atoms with Gasteiger partial charge in [0.1, 0.15) is 0 Å². The molecule has 28 heavy (non-hydrogen) atoms. The summed E-state index contributed by atoms with van der Waals surface area (Å²) in [7, 11) is 0. The lowest BCUT2D eigenvalue weighted by Gasteiger charge is -2.27. The number of benzene rings is 2. The molecule has 1 saturated heterocycles. The van der Waals surface area contributed by atoms with Crippen molar-refractivity contribution in [2.24, 2.45) is 0 Å². The Kier molecular flexibility index (Phi) is 6.16. The van der Waals surface area contributed by atoms with E-state index in [0.29, 0.717) is 5.11 Å². The van der Waals surface area contributed by atoms with Crippen LogP contribution < -0.4 is 10.6 Å². The van der Waals surface area contributed by atoms with E-state index >= 15 is 0 Å². The van der Waals surface area contributed by atoms with Gasteiger partial charge in [0.25, 0.3) is 0 Å². The maximum Gasteiger partial charge on any atom is 0.167 e. The van der Waals surface area contributed by atoms with Crippen molar-refractivity contribution >= 4 is 28.4 Å². The third kappa shape index (κ3) is 4.67. The molecular formula is C21H25N5OS. The maximum atomic E-state index is 5.59. The van der Waals surface area contributed by atoms with E-state index in [0.717, 1.165) is 56.0 Å². The summed E-state index contributed by atoms with van der Waals surface area (Å²) in [5.41, 5.74) is 4.28. The molecule has 1 aliphatic rings. The van der Waals surface area contributed by atoms with Gasteiger partial charge in [-0.25, -0.2) is 4.98 Å². The summed E-state index contributed by atoms with van der Waals surface area (Å²) in [5, 5.41) is 7.50. The Morgan fingerprint density at radius 2 is 1.96 bits per heavy atom. The second-order valence-corrected chi connectivity index (χ2v) is 7.29. The predicted molar refractivity (Wildman–Crippen MR) is 115 cm³/mol. The number of H-pyrrole nitrogens is 1. The Morgan fingerprint density at radius 1 is 1.14 bits per heavy atom. The molecule has 0 radical (unpaired) electrons. The minimum absolute atomic E-state index is 0.0303. The molecule has 0 saturated carbocycles. The summed E-state index contributed by atoms with van der Waals surface area (Å²) in [5.74, 6) is 0. The van der Waals surface area contributed by atoms with Gasteiger partial charge >= 0.3 is 0 Å². The van der Waals surface area contributed by atoms with E-state index in [9.17, 15) is 0 Å². The number of hydrogen-bond donors (Lipinski definition) is 3. The van der Waals surface area contributed by atoms with E-state index in [4.69, 9.17) is 17.0 Å². The third-order valence-corrected chi connectivity index (χ3v) is 5.27. The Labute approximate surface area is 170 Å². The van der Waals surface area contributed by atoms with Crippen LogP contribution in [0.4, 0.5) is 0 Å². The number of fused-ring (bicyclic) bond motifs is 1. The molecule has 2 aromatic carbocycles. The van der Waals surface area contributed by atoms with Crippen molar-refractivity contribution in [1.29, 1.82) is 0 Å². The van der Waals surface area contributed by atoms with Gasteiger partial charge in [0, 0.05) is 26.2 Å². The van der Waals surface area contributed by atoms with Gasteiger partial charge in [0.15, 0.2) is 5.11 Å². The first-order chi connectivity index (χ1) is 13.8. The average Bonchev–Trinajstić information content (AvgIpc) is 3.21. The lowest BCUT2D eigenvalue weighted by molar-refractivity contribution is 0.0389. The first-order valence-corrected chi connectivity index (χ1v) is 10.0. The van der Waals surface area contributed by atoms with Crippen LogP contribution in [0.2, 0.25) is 0 Å². The number of hydrogen-bond acceptors (Lipinski definition) is 4. The van der Waals surface area contributed by atoms with E-state index in [-0.39, 0.29) is 6.04 Å². The first kappa shape index (κ1) is 18.9. The summed E-state index contributed by atoms with van der Waals surface area (Å²) < 4.78 is 5.40. The van der Waals surface area contributed by atoms with Crippen LogP contribution in [-0.2, 0) is 4.74 Å². The number of imidazole rings is 1. The second kappa shape index (κ2) is 9.14. The number of thiocarbonyl (C=S) groups is 1. The van der Waals surface area contributed by atoms with Gasteiger partial charge < -0.3 is 20.4 Å². The number of nitrogens with one attached hydrogen (secondary N) is 3. The number of aromatic nitrogens is 2. The van der Waals surface area contributed by atoms with E-state index in [1.54, 1.807) is 6.33 Å². The van der Waals surface area contributed by atoms with Crippen molar-refractivity contribution in [1.82, 2.24) is 25.5 Å². The van der Waals surface area contributed by atoms with Crippen LogP contribution in [-0.4, -0.2) is 59.4 Å².